The van der Waals surface area contributed by atoms with Crippen LogP contribution in [0.15, 0.2) is 18.2 Å². The van der Waals surface area contributed by atoms with Crippen LogP contribution in [-0.2, 0) is 6.42 Å². The molecule has 0 fully saturated rings. The van der Waals surface area contributed by atoms with Crippen LogP contribution in [0.1, 0.15) is 36.9 Å². The summed E-state index contributed by atoms with van der Waals surface area (Å²) >= 11 is 0. The van der Waals surface area contributed by atoms with E-state index in [9.17, 15) is 0 Å². The molecule has 1 unspecified atom stereocenters. The molecule has 0 radical (unpaired) electrons. The number of anilines is 1. The SMILES string of the molecule is CCCN(CCN(C)C)C1CCc2cc(N)ccc21. The highest BCUT2D eigenvalue weighted by Gasteiger charge is 2.27. The molecule has 0 bridgehead atoms. The van der Waals surface area contributed by atoms with Crippen LogP contribution >= 0.6 is 0 Å². The molecule has 0 aliphatic heterocycles. The molecule has 3 nitrogen and oxygen atoms in total. The van der Waals surface area contributed by atoms with Crippen LogP contribution in [-0.4, -0.2) is 43.5 Å². The van der Waals surface area contributed by atoms with Crippen LogP contribution in [0.25, 0.3) is 0 Å². The second kappa shape index (κ2) is 6.40. The van der Waals surface area contributed by atoms with E-state index in [2.05, 4.69) is 43.0 Å². The quantitative estimate of drug-likeness (QED) is 0.799. The van der Waals surface area contributed by atoms with Crippen molar-refractivity contribution in [2.24, 2.45) is 0 Å². The first-order chi connectivity index (χ1) is 9.11. The summed E-state index contributed by atoms with van der Waals surface area (Å²) in [7, 11) is 4.29. The Morgan fingerprint density at radius 1 is 1.21 bits per heavy atom. The van der Waals surface area contributed by atoms with Crippen molar-refractivity contribution in [1.29, 1.82) is 0 Å². The van der Waals surface area contributed by atoms with Crippen molar-refractivity contribution < 1.29 is 0 Å². The third-order valence-corrected chi connectivity index (χ3v) is 4.00. The average molecular weight is 261 g/mol. The number of fused-ring (bicyclic) bond motifs is 1. The number of likely N-dealkylation sites (N-methyl/N-ethyl adjacent to an activating group) is 1. The molecule has 0 saturated carbocycles. The van der Waals surface area contributed by atoms with Crippen LogP contribution in [0.2, 0.25) is 0 Å². The molecular formula is C16H27N3. The Balaban J connectivity index is 2.11. The van der Waals surface area contributed by atoms with Gasteiger partial charge in [-0.15, -0.1) is 0 Å². The fourth-order valence-electron chi connectivity index (χ4n) is 3.03. The predicted octanol–water partition coefficient (Wildman–Crippen LogP) is 2.53. The first-order valence-electron chi connectivity index (χ1n) is 7.39. The van der Waals surface area contributed by atoms with Crippen LogP contribution in [0, 0.1) is 0 Å². The van der Waals surface area contributed by atoms with Gasteiger partial charge in [0.05, 0.1) is 0 Å². The molecule has 1 aromatic carbocycles. The standard InChI is InChI=1S/C16H27N3/c1-4-9-19(11-10-18(2)3)16-8-5-13-12-14(17)6-7-15(13)16/h6-7,12,16H,4-5,8-11,17H2,1-3H3. The molecule has 0 saturated heterocycles. The van der Waals surface area contributed by atoms with Crippen LogP contribution in [0.5, 0.6) is 0 Å². The first-order valence-corrected chi connectivity index (χ1v) is 7.39. The number of nitrogens with zero attached hydrogens (tertiary/aromatic N) is 2. The summed E-state index contributed by atoms with van der Waals surface area (Å²) in [6.07, 6.45) is 3.63. The zero-order valence-corrected chi connectivity index (χ0v) is 12.5. The van der Waals surface area contributed by atoms with Gasteiger partial charge in [-0.1, -0.05) is 13.0 Å². The largest absolute Gasteiger partial charge is 0.399 e. The summed E-state index contributed by atoms with van der Waals surface area (Å²) in [6, 6.07) is 7.04. The molecule has 0 spiro atoms. The fraction of sp³-hybridized carbons (Fsp3) is 0.625. The Morgan fingerprint density at radius 2 is 2.00 bits per heavy atom. The lowest BCUT2D eigenvalue weighted by atomic mass is 10.1. The zero-order chi connectivity index (χ0) is 13.8. The maximum absolute atomic E-state index is 5.89. The molecule has 1 aliphatic rings. The van der Waals surface area contributed by atoms with E-state index >= 15 is 0 Å². The van der Waals surface area contributed by atoms with Gasteiger partial charge in [-0.2, -0.15) is 0 Å². The number of rotatable bonds is 6. The Kier molecular flexibility index (Phi) is 4.83. The molecule has 1 atom stereocenters. The van der Waals surface area contributed by atoms with Gasteiger partial charge in [-0.3, -0.25) is 4.90 Å². The summed E-state index contributed by atoms with van der Waals surface area (Å²) in [6.45, 7) is 5.72. The summed E-state index contributed by atoms with van der Waals surface area (Å²) in [5.74, 6) is 0. The van der Waals surface area contributed by atoms with Gasteiger partial charge < -0.3 is 10.6 Å². The number of hydrogen-bond acceptors (Lipinski definition) is 3. The lowest BCUT2D eigenvalue weighted by molar-refractivity contribution is 0.178. The zero-order valence-electron chi connectivity index (χ0n) is 12.5. The second-order valence-corrected chi connectivity index (χ2v) is 5.85. The van der Waals surface area contributed by atoms with Crippen molar-refractivity contribution in [3.05, 3.63) is 29.3 Å². The highest BCUT2D eigenvalue weighted by Crippen LogP contribution is 2.36. The summed E-state index contributed by atoms with van der Waals surface area (Å²) < 4.78 is 0. The smallest absolute Gasteiger partial charge is 0.0354 e. The predicted molar refractivity (Wildman–Crippen MR) is 82.3 cm³/mol. The Labute approximate surface area is 117 Å². The molecule has 0 amide bonds. The van der Waals surface area contributed by atoms with Crippen LogP contribution < -0.4 is 5.73 Å². The molecule has 106 valence electrons. The maximum atomic E-state index is 5.89. The van der Waals surface area contributed by atoms with E-state index in [1.165, 1.54) is 36.9 Å². The molecule has 2 N–H and O–H groups in total. The lowest BCUT2D eigenvalue weighted by Crippen LogP contribution is -2.34. The van der Waals surface area contributed by atoms with Crippen molar-refractivity contribution in [2.75, 3.05) is 39.5 Å². The molecule has 0 aromatic heterocycles. The highest BCUT2D eigenvalue weighted by atomic mass is 15.2. The Bertz CT molecular complexity index is 414. The fourth-order valence-corrected chi connectivity index (χ4v) is 3.03. The summed E-state index contributed by atoms with van der Waals surface area (Å²) in [5, 5.41) is 0. The van der Waals surface area contributed by atoms with E-state index in [4.69, 9.17) is 5.73 Å². The molecule has 0 heterocycles. The van der Waals surface area contributed by atoms with E-state index < -0.39 is 0 Å². The van der Waals surface area contributed by atoms with Gasteiger partial charge >= 0.3 is 0 Å². The highest BCUT2D eigenvalue weighted by molar-refractivity contribution is 5.47. The van der Waals surface area contributed by atoms with Crippen LogP contribution in [0.3, 0.4) is 0 Å². The van der Waals surface area contributed by atoms with E-state index in [1.54, 1.807) is 0 Å². The van der Waals surface area contributed by atoms with Gasteiger partial charge in [-0.05, 0) is 63.2 Å². The minimum absolute atomic E-state index is 0.593. The normalized spacial score (nSPS) is 18.3. The van der Waals surface area contributed by atoms with E-state index in [0.717, 1.165) is 18.8 Å². The summed E-state index contributed by atoms with van der Waals surface area (Å²) in [5.41, 5.74) is 9.74. The third-order valence-electron chi connectivity index (χ3n) is 4.00. The van der Waals surface area contributed by atoms with Crippen molar-refractivity contribution in [3.63, 3.8) is 0 Å². The van der Waals surface area contributed by atoms with E-state index in [-0.39, 0.29) is 0 Å². The van der Waals surface area contributed by atoms with Crippen LogP contribution in [0.4, 0.5) is 5.69 Å². The number of hydrogen-bond donors (Lipinski definition) is 1. The van der Waals surface area contributed by atoms with Gasteiger partial charge in [0.2, 0.25) is 0 Å². The lowest BCUT2D eigenvalue weighted by Gasteiger charge is -2.30. The minimum Gasteiger partial charge on any atom is -0.399 e. The van der Waals surface area contributed by atoms with Gasteiger partial charge in [0.1, 0.15) is 0 Å². The number of benzene rings is 1. The average Bonchev–Trinajstić information content (AvgIpc) is 2.77. The topological polar surface area (TPSA) is 32.5 Å². The molecular weight excluding hydrogens is 234 g/mol. The number of nitrogens with two attached hydrogens (primary N) is 1. The maximum Gasteiger partial charge on any atom is 0.0354 e. The van der Waals surface area contributed by atoms with Crippen molar-refractivity contribution in [3.8, 4) is 0 Å². The Hall–Kier alpha value is -1.06. The minimum atomic E-state index is 0.593. The molecule has 2 rings (SSSR count). The van der Waals surface area contributed by atoms with E-state index in [0.29, 0.717) is 6.04 Å². The second-order valence-electron chi connectivity index (χ2n) is 5.85. The Morgan fingerprint density at radius 3 is 2.68 bits per heavy atom. The first kappa shape index (κ1) is 14.4. The monoisotopic (exact) mass is 261 g/mol. The van der Waals surface area contributed by atoms with E-state index in [1.807, 2.05) is 6.07 Å². The molecule has 1 aromatic rings. The molecule has 1 aliphatic carbocycles. The number of aryl methyl sites for hydroxylation is 1. The third kappa shape index (κ3) is 3.48. The summed E-state index contributed by atoms with van der Waals surface area (Å²) in [4.78, 5) is 4.91. The van der Waals surface area contributed by atoms with Crippen molar-refractivity contribution in [2.45, 2.75) is 32.2 Å². The van der Waals surface area contributed by atoms with Gasteiger partial charge in [0, 0.05) is 24.8 Å². The number of nitrogen functional groups attached to an aromatic ring is 1. The molecule has 3 heteroatoms. The van der Waals surface area contributed by atoms with Crippen molar-refractivity contribution in [1.82, 2.24) is 9.80 Å². The van der Waals surface area contributed by atoms with Gasteiger partial charge in [0.25, 0.3) is 0 Å². The van der Waals surface area contributed by atoms with Gasteiger partial charge in [-0.25, -0.2) is 0 Å². The van der Waals surface area contributed by atoms with Crippen molar-refractivity contribution >= 4 is 5.69 Å². The van der Waals surface area contributed by atoms with Gasteiger partial charge in [0.15, 0.2) is 0 Å². The molecule has 19 heavy (non-hydrogen) atoms.